The van der Waals surface area contributed by atoms with E-state index in [4.69, 9.17) is 11.6 Å². The molecule has 3 heteroatoms. The third-order valence-corrected chi connectivity index (χ3v) is 8.91. The molecule has 0 aliphatic rings. The Kier molecular flexibility index (Phi) is 3.19. The second-order valence-corrected chi connectivity index (χ2v) is 19.8. The molecule has 0 saturated heterocycles. The second kappa shape index (κ2) is 4.19. The summed E-state index contributed by atoms with van der Waals surface area (Å²) in [6.07, 6.45) is 0. The number of hydrogen-bond acceptors (Lipinski definition) is 0. The van der Waals surface area contributed by atoms with Gasteiger partial charge in [-0.25, -0.2) is 0 Å². The molecule has 0 aliphatic heterocycles. The number of halogens is 2. The van der Waals surface area contributed by atoms with Gasteiger partial charge in [0.05, 0.1) is 0 Å². The molecule has 0 amide bonds. The summed E-state index contributed by atoms with van der Waals surface area (Å²) in [5.74, 6) is -0.322. The van der Waals surface area contributed by atoms with Gasteiger partial charge in [0.2, 0.25) is 0 Å². The molecule has 84 valence electrons. The third kappa shape index (κ3) is 2.07. The van der Waals surface area contributed by atoms with E-state index < -0.39 is 18.4 Å². The van der Waals surface area contributed by atoms with Crippen LogP contribution in [0.2, 0.25) is 19.8 Å². The van der Waals surface area contributed by atoms with E-state index in [0.717, 1.165) is 10.8 Å². The second-order valence-electron chi connectivity index (χ2n) is 5.02. The number of rotatable bonds is 1. The van der Waals surface area contributed by atoms with E-state index in [1.54, 1.807) is 6.07 Å². The average Bonchev–Trinajstić information content (AvgIpc) is 2.21. The first-order chi connectivity index (χ1) is 7.41. The van der Waals surface area contributed by atoms with E-state index in [2.05, 4.69) is 20.9 Å². The van der Waals surface area contributed by atoms with Gasteiger partial charge in [-0.2, -0.15) is 0 Å². The van der Waals surface area contributed by atoms with Crippen molar-refractivity contribution in [1.29, 1.82) is 0 Å². The quantitative estimate of drug-likeness (QED) is 0.682. The zero-order chi connectivity index (χ0) is 11.9. The molecule has 16 heavy (non-hydrogen) atoms. The summed E-state index contributed by atoms with van der Waals surface area (Å²) in [6.45, 7) is 0. The fraction of sp³-hybridized carbons (Fsp3) is 0.231. The Hall–Kier alpha value is -0.281. The minimum absolute atomic E-state index is 0.278. The SMILES string of the molecule is [CH3][Sn]([CH3])([CH3])[c]1cccc2ccc(F)c(Cl)c12. The van der Waals surface area contributed by atoms with Crippen molar-refractivity contribution in [2.45, 2.75) is 14.8 Å². The first kappa shape index (κ1) is 12.2. The van der Waals surface area contributed by atoms with E-state index in [-0.39, 0.29) is 10.8 Å². The van der Waals surface area contributed by atoms with Crippen molar-refractivity contribution < 1.29 is 4.39 Å². The molecule has 2 aromatic rings. The van der Waals surface area contributed by atoms with Gasteiger partial charge < -0.3 is 0 Å². The molecule has 2 rings (SSSR count). The van der Waals surface area contributed by atoms with Gasteiger partial charge in [-0.3, -0.25) is 0 Å². The first-order valence-corrected chi connectivity index (χ1v) is 15.6. The Morgan fingerprint density at radius 1 is 1.06 bits per heavy atom. The zero-order valence-electron chi connectivity index (χ0n) is 9.64. The summed E-state index contributed by atoms with van der Waals surface area (Å²) in [6, 6.07) is 9.36. The summed E-state index contributed by atoms with van der Waals surface area (Å²) in [7, 11) is 0. The Morgan fingerprint density at radius 3 is 2.38 bits per heavy atom. The average molecular weight is 343 g/mol. The van der Waals surface area contributed by atoms with Crippen LogP contribution in [0.1, 0.15) is 0 Å². The monoisotopic (exact) mass is 344 g/mol. The Labute approximate surface area is 104 Å². The summed E-state index contributed by atoms with van der Waals surface area (Å²) in [5, 5.41) is 2.24. The van der Waals surface area contributed by atoms with Crippen molar-refractivity contribution in [3.63, 3.8) is 0 Å². The van der Waals surface area contributed by atoms with Crippen LogP contribution in [0.4, 0.5) is 4.39 Å². The topological polar surface area (TPSA) is 0 Å². The van der Waals surface area contributed by atoms with Crippen LogP contribution in [0.5, 0.6) is 0 Å². The predicted octanol–water partition coefficient (Wildman–Crippen LogP) is 4.18. The van der Waals surface area contributed by atoms with E-state index >= 15 is 0 Å². The van der Waals surface area contributed by atoms with Crippen LogP contribution in [0.3, 0.4) is 0 Å². The number of hydrogen-bond donors (Lipinski definition) is 0. The molecule has 0 bridgehead atoms. The molecule has 0 fully saturated rings. The molecule has 0 saturated carbocycles. The number of benzene rings is 2. The maximum absolute atomic E-state index is 13.5. The maximum atomic E-state index is 13.5. The molecule has 0 aliphatic carbocycles. The van der Waals surface area contributed by atoms with Crippen LogP contribution in [-0.2, 0) is 0 Å². The van der Waals surface area contributed by atoms with E-state index in [0.29, 0.717) is 0 Å². The summed E-state index contributed by atoms with van der Waals surface area (Å²) < 4.78 is 14.8. The number of fused-ring (bicyclic) bond motifs is 1. The fourth-order valence-electron chi connectivity index (χ4n) is 1.93. The summed E-state index contributed by atoms with van der Waals surface area (Å²) in [5.41, 5.74) is 0. The van der Waals surface area contributed by atoms with Gasteiger partial charge in [-0.1, -0.05) is 0 Å². The van der Waals surface area contributed by atoms with Gasteiger partial charge in [0.15, 0.2) is 0 Å². The van der Waals surface area contributed by atoms with Crippen molar-refractivity contribution in [2.75, 3.05) is 0 Å². The Bertz CT molecular complexity index is 543. The van der Waals surface area contributed by atoms with Crippen LogP contribution < -0.4 is 3.58 Å². The van der Waals surface area contributed by atoms with Gasteiger partial charge in [0.25, 0.3) is 0 Å². The van der Waals surface area contributed by atoms with Crippen molar-refractivity contribution >= 4 is 44.3 Å². The van der Waals surface area contributed by atoms with Crippen molar-refractivity contribution in [3.05, 3.63) is 41.2 Å². The normalized spacial score (nSPS) is 12.1. The zero-order valence-corrected chi connectivity index (χ0v) is 13.3. The molecule has 0 N–H and O–H groups in total. The molecule has 2 aromatic carbocycles. The predicted molar refractivity (Wildman–Crippen MR) is 71.9 cm³/mol. The molecule has 0 aromatic heterocycles. The van der Waals surface area contributed by atoms with Crippen LogP contribution in [0.15, 0.2) is 30.3 Å². The van der Waals surface area contributed by atoms with Gasteiger partial charge in [-0.15, -0.1) is 0 Å². The Morgan fingerprint density at radius 2 is 1.75 bits per heavy atom. The van der Waals surface area contributed by atoms with Crippen LogP contribution >= 0.6 is 11.6 Å². The van der Waals surface area contributed by atoms with Gasteiger partial charge in [-0.05, 0) is 0 Å². The minimum atomic E-state index is -2.25. The van der Waals surface area contributed by atoms with Gasteiger partial charge in [0.1, 0.15) is 0 Å². The Balaban J connectivity index is 2.91. The summed E-state index contributed by atoms with van der Waals surface area (Å²) >= 11 is 3.85. The first-order valence-electron chi connectivity index (χ1n) is 5.28. The van der Waals surface area contributed by atoms with Crippen LogP contribution in [-0.4, -0.2) is 18.4 Å². The summed E-state index contributed by atoms with van der Waals surface area (Å²) in [4.78, 5) is 6.93. The molecule has 0 radical (unpaired) electrons. The molecule has 0 unspecified atom stereocenters. The van der Waals surface area contributed by atoms with E-state index in [9.17, 15) is 4.39 Å². The van der Waals surface area contributed by atoms with Crippen molar-refractivity contribution in [3.8, 4) is 0 Å². The van der Waals surface area contributed by atoms with Crippen LogP contribution in [0.25, 0.3) is 10.8 Å². The van der Waals surface area contributed by atoms with E-state index in [1.807, 2.05) is 12.1 Å². The standard InChI is InChI=1S/C10H5ClF.3CH3.Sn/c11-10-8-4-2-1-3-7(8)5-6-9(10)12;;;;/h1-3,5-6H;3*1H3;. The van der Waals surface area contributed by atoms with Gasteiger partial charge in [0, 0.05) is 0 Å². The molecule has 0 heterocycles. The van der Waals surface area contributed by atoms with Crippen molar-refractivity contribution in [2.24, 2.45) is 0 Å². The van der Waals surface area contributed by atoms with Crippen molar-refractivity contribution in [1.82, 2.24) is 0 Å². The van der Waals surface area contributed by atoms with E-state index in [1.165, 1.54) is 9.65 Å². The van der Waals surface area contributed by atoms with Gasteiger partial charge >= 0.3 is 105 Å². The molecule has 0 atom stereocenters. The molecule has 0 nitrogen and oxygen atoms in total. The van der Waals surface area contributed by atoms with Crippen LogP contribution in [0, 0.1) is 5.82 Å². The molecular formula is C13H14ClFSn. The fourth-order valence-corrected chi connectivity index (χ4v) is 7.05. The third-order valence-electron chi connectivity index (χ3n) is 2.74. The molecule has 0 spiro atoms. The molecular weight excluding hydrogens is 329 g/mol.